The number of nitrogens with one attached hydrogen (secondary N) is 1. The van der Waals surface area contributed by atoms with Crippen molar-refractivity contribution < 1.29 is 28.2 Å². The molecule has 1 heterocycles. The highest BCUT2D eigenvalue weighted by atomic mass is 35.5. The number of carboxylic acid groups (broad SMARTS) is 1. The lowest BCUT2D eigenvalue weighted by atomic mass is 10.0. The van der Waals surface area contributed by atoms with E-state index in [9.17, 15) is 18.8 Å². The third kappa shape index (κ3) is 4.92. The summed E-state index contributed by atoms with van der Waals surface area (Å²) in [5.41, 5.74) is 0.836. The third-order valence-corrected chi connectivity index (χ3v) is 5.31. The van der Waals surface area contributed by atoms with Crippen molar-refractivity contribution in [2.45, 2.75) is 13.0 Å². The molecule has 1 atom stereocenters. The Balaban J connectivity index is 1.58. The molecule has 0 fully saturated rings. The van der Waals surface area contributed by atoms with Crippen LogP contribution >= 0.6 is 11.6 Å². The zero-order chi connectivity index (χ0) is 24.4. The van der Waals surface area contributed by atoms with Crippen molar-refractivity contribution >= 4 is 40.1 Å². The molecule has 0 aliphatic carbocycles. The van der Waals surface area contributed by atoms with Crippen LogP contribution in [-0.2, 0) is 4.79 Å². The topological polar surface area (TPSA) is 106 Å². The molecule has 0 saturated carbocycles. The van der Waals surface area contributed by atoms with Gasteiger partial charge in [-0.3, -0.25) is 4.79 Å². The van der Waals surface area contributed by atoms with Crippen molar-refractivity contribution in [2.24, 2.45) is 0 Å². The van der Waals surface area contributed by atoms with Crippen LogP contribution in [0.15, 0.2) is 75.9 Å². The Morgan fingerprint density at radius 1 is 1.06 bits per heavy atom. The second kappa shape index (κ2) is 9.36. The Kier molecular flexibility index (Phi) is 6.34. The summed E-state index contributed by atoms with van der Waals surface area (Å²) in [6.07, 6.45) is -0.951. The van der Waals surface area contributed by atoms with Crippen LogP contribution in [0, 0.1) is 5.82 Å². The first kappa shape index (κ1) is 23.0. The van der Waals surface area contributed by atoms with Gasteiger partial charge in [0.1, 0.15) is 17.1 Å². The smallest absolute Gasteiger partial charge is 0.336 e. The summed E-state index contributed by atoms with van der Waals surface area (Å²) in [6.45, 7) is 1.52. The molecule has 0 bridgehead atoms. The van der Waals surface area contributed by atoms with E-state index >= 15 is 0 Å². The summed E-state index contributed by atoms with van der Waals surface area (Å²) >= 11 is 6.17. The molecule has 1 amide bonds. The summed E-state index contributed by atoms with van der Waals surface area (Å²) in [5, 5.41) is 12.4. The van der Waals surface area contributed by atoms with Crippen LogP contribution in [0.3, 0.4) is 0 Å². The highest BCUT2D eigenvalue weighted by Crippen LogP contribution is 2.34. The number of anilines is 1. The van der Waals surface area contributed by atoms with E-state index in [1.54, 1.807) is 18.2 Å². The predicted molar refractivity (Wildman–Crippen MR) is 125 cm³/mol. The number of aromatic carboxylic acids is 1. The van der Waals surface area contributed by atoms with Gasteiger partial charge in [-0.1, -0.05) is 17.7 Å². The quantitative estimate of drug-likeness (QED) is 0.359. The molecule has 7 nitrogen and oxygen atoms in total. The molecule has 3 aromatic carbocycles. The molecule has 0 saturated heterocycles. The van der Waals surface area contributed by atoms with Crippen LogP contribution in [0.25, 0.3) is 22.1 Å². The molecular formula is C25H17ClFNO6. The lowest BCUT2D eigenvalue weighted by Crippen LogP contribution is -2.30. The Morgan fingerprint density at radius 2 is 1.85 bits per heavy atom. The van der Waals surface area contributed by atoms with E-state index in [4.69, 9.17) is 25.9 Å². The van der Waals surface area contributed by atoms with E-state index in [2.05, 4.69) is 5.32 Å². The van der Waals surface area contributed by atoms with Crippen molar-refractivity contribution in [2.75, 3.05) is 5.32 Å². The number of carbonyl (C=O) groups is 2. The molecule has 0 radical (unpaired) electrons. The minimum atomic E-state index is -1.11. The maximum atomic E-state index is 13.4. The van der Waals surface area contributed by atoms with Gasteiger partial charge in [0.2, 0.25) is 0 Å². The molecule has 4 aromatic rings. The van der Waals surface area contributed by atoms with Gasteiger partial charge in [0, 0.05) is 34.3 Å². The monoisotopic (exact) mass is 481 g/mol. The molecular weight excluding hydrogens is 465 g/mol. The van der Waals surface area contributed by atoms with Crippen LogP contribution in [0.1, 0.15) is 17.3 Å². The van der Waals surface area contributed by atoms with E-state index in [1.165, 1.54) is 49.4 Å². The largest absolute Gasteiger partial charge is 0.481 e. The highest BCUT2D eigenvalue weighted by molar-refractivity contribution is 6.33. The molecule has 34 heavy (non-hydrogen) atoms. The number of halogens is 2. The normalized spacial score (nSPS) is 11.7. The first-order valence-corrected chi connectivity index (χ1v) is 10.4. The van der Waals surface area contributed by atoms with Gasteiger partial charge in [0.05, 0.1) is 10.6 Å². The highest BCUT2D eigenvalue weighted by Gasteiger charge is 2.17. The number of amides is 1. The fraction of sp³-hybridized carbons (Fsp3) is 0.0800. The maximum Gasteiger partial charge on any atom is 0.336 e. The number of benzene rings is 3. The summed E-state index contributed by atoms with van der Waals surface area (Å²) in [7, 11) is 0. The van der Waals surface area contributed by atoms with Crippen molar-refractivity contribution in [1.29, 1.82) is 0 Å². The molecule has 4 rings (SSSR count). The van der Waals surface area contributed by atoms with Gasteiger partial charge in [0.25, 0.3) is 5.91 Å². The van der Waals surface area contributed by atoms with Crippen molar-refractivity contribution in [3.8, 4) is 16.9 Å². The number of hydrogen-bond donors (Lipinski definition) is 2. The van der Waals surface area contributed by atoms with Gasteiger partial charge >= 0.3 is 11.6 Å². The fourth-order valence-electron chi connectivity index (χ4n) is 3.38. The van der Waals surface area contributed by atoms with Crippen LogP contribution in [0.2, 0.25) is 5.02 Å². The molecule has 0 aliphatic rings. The number of carboxylic acids is 1. The van der Waals surface area contributed by atoms with Gasteiger partial charge < -0.3 is 19.6 Å². The van der Waals surface area contributed by atoms with E-state index in [-0.39, 0.29) is 21.9 Å². The average molecular weight is 482 g/mol. The van der Waals surface area contributed by atoms with Crippen LogP contribution in [0.4, 0.5) is 10.1 Å². The molecule has 9 heteroatoms. The summed E-state index contributed by atoms with van der Waals surface area (Å²) in [6, 6.07) is 15.7. The lowest BCUT2D eigenvalue weighted by molar-refractivity contribution is -0.122. The predicted octanol–water partition coefficient (Wildman–Crippen LogP) is 5.36. The minimum absolute atomic E-state index is 0.0352. The van der Waals surface area contributed by atoms with Gasteiger partial charge in [-0.15, -0.1) is 0 Å². The second-order valence-corrected chi connectivity index (χ2v) is 7.80. The van der Waals surface area contributed by atoms with Crippen LogP contribution in [-0.4, -0.2) is 23.1 Å². The van der Waals surface area contributed by atoms with Gasteiger partial charge in [-0.2, -0.15) is 0 Å². The van der Waals surface area contributed by atoms with Gasteiger partial charge in [-0.05, 0) is 55.5 Å². The SMILES string of the molecule is C[C@@H](Oc1ccc2c(-c3ccc(F)cc3Cl)cc(=O)oc2c1)C(=O)Nc1cccc(C(=O)O)c1. The van der Waals surface area contributed by atoms with E-state index in [0.717, 1.165) is 6.07 Å². The Labute approximate surface area is 197 Å². The van der Waals surface area contributed by atoms with Crippen molar-refractivity contribution in [3.05, 3.63) is 93.6 Å². The number of carbonyl (C=O) groups excluding carboxylic acids is 1. The lowest BCUT2D eigenvalue weighted by Gasteiger charge is -2.15. The summed E-state index contributed by atoms with van der Waals surface area (Å²) in [4.78, 5) is 35.8. The zero-order valence-corrected chi connectivity index (χ0v) is 18.4. The number of ether oxygens (including phenoxy) is 1. The molecule has 172 valence electrons. The second-order valence-electron chi connectivity index (χ2n) is 7.40. The molecule has 0 spiro atoms. The van der Waals surface area contributed by atoms with Crippen molar-refractivity contribution in [3.63, 3.8) is 0 Å². The molecule has 0 unspecified atom stereocenters. The van der Waals surface area contributed by atoms with E-state index in [0.29, 0.717) is 22.2 Å². The minimum Gasteiger partial charge on any atom is -0.481 e. The van der Waals surface area contributed by atoms with Crippen molar-refractivity contribution in [1.82, 2.24) is 0 Å². The fourth-order valence-corrected chi connectivity index (χ4v) is 3.65. The zero-order valence-electron chi connectivity index (χ0n) is 17.7. The molecule has 0 aliphatic heterocycles. The standard InChI is InChI=1S/C25H17ClFNO6/c1-13(24(30)28-16-4-2-3-14(9-16)25(31)32)33-17-6-8-19-20(12-23(29)34-22(19)11-17)18-7-5-15(27)10-21(18)26/h2-13H,1H3,(H,28,30)(H,31,32)/t13-/m1/s1. The van der Waals surface area contributed by atoms with Crippen LogP contribution in [0.5, 0.6) is 5.75 Å². The molecule has 2 N–H and O–H groups in total. The maximum absolute atomic E-state index is 13.4. The van der Waals surface area contributed by atoms with Gasteiger partial charge in [-0.25, -0.2) is 14.0 Å². The number of hydrogen-bond acceptors (Lipinski definition) is 5. The van der Waals surface area contributed by atoms with Crippen LogP contribution < -0.4 is 15.7 Å². The van der Waals surface area contributed by atoms with Gasteiger partial charge in [0.15, 0.2) is 6.10 Å². The Bertz CT molecular complexity index is 1480. The first-order valence-electron chi connectivity index (χ1n) is 10.1. The Morgan fingerprint density at radius 3 is 2.59 bits per heavy atom. The Hall–Kier alpha value is -4.17. The first-order chi connectivity index (χ1) is 16.2. The van der Waals surface area contributed by atoms with E-state index < -0.39 is 29.4 Å². The summed E-state index contributed by atoms with van der Waals surface area (Å²) < 4.78 is 24.4. The van der Waals surface area contributed by atoms with E-state index in [1.807, 2.05) is 0 Å². The average Bonchev–Trinajstić information content (AvgIpc) is 2.78. The number of fused-ring (bicyclic) bond motifs is 1. The molecule has 1 aromatic heterocycles. The number of rotatable bonds is 6. The summed E-state index contributed by atoms with van der Waals surface area (Å²) in [5.74, 6) is -1.85. The third-order valence-electron chi connectivity index (χ3n) is 5.00.